The van der Waals surface area contributed by atoms with Crippen LogP contribution in [0.3, 0.4) is 0 Å². The van der Waals surface area contributed by atoms with E-state index in [2.05, 4.69) is 45.0 Å². The minimum Gasteiger partial charge on any atom is -0.383 e. The normalized spacial score (nSPS) is 17.0. The number of rotatable bonds is 5. The number of Topliss-reactive ketones (excluding diaryl/α,β-unsaturated/α-hetero) is 1. The Hall–Kier alpha value is -3.21. The molecular weight excluding hydrogens is 384 g/mol. The predicted molar refractivity (Wildman–Crippen MR) is 124 cm³/mol. The number of hydrogen-bond acceptors (Lipinski definition) is 4. The largest absolute Gasteiger partial charge is 0.383 e. The number of hydrogen-bond donors (Lipinski definition) is 1. The Morgan fingerprint density at radius 2 is 1.90 bits per heavy atom. The third kappa shape index (κ3) is 3.19. The van der Waals surface area contributed by atoms with E-state index in [1.807, 2.05) is 12.1 Å². The third-order valence-corrected chi connectivity index (χ3v) is 7.02. The molecule has 5 nitrogen and oxygen atoms in total. The van der Waals surface area contributed by atoms with Crippen molar-refractivity contribution in [1.82, 2.24) is 14.5 Å². The molecule has 0 aliphatic heterocycles. The molecule has 0 amide bonds. The number of nitrogen functional groups attached to an aromatic ring is 1. The van der Waals surface area contributed by atoms with Gasteiger partial charge in [-0.25, -0.2) is 9.97 Å². The van der Waals surface area contributed by atoms with Crippen molar-refractivity contribution in [2.24, 2.45) is 5.92 Å². The summed E-state index contributed by atoms with van der Waals surface area (Å²) in [6, 6.07) is 12.9. The van der Waals surface area contributed by atoms with E-state index in [4.69, 9.17) is 5.73 Å². The van der Waals surface area contributed by atoms with Crippen molar-refractivity contribution in [3.8, 4) is 11.1 Å². The van der Waals surface area contributed by atoms with Gasteiger partial charge >= 0.3 is 0 Å². The molecule has 6 rings (SSSR count). The SMILES string of the molecule is Nc1ncnc2c1c(-c1ccc3c(C(=O)CC4CC4)cccc3c1)cn2C1CCCC1. The van der Waals surface area contributed by atoms with Crippen LogP contribution in [0.5, 0.6) is 0 Å². The van der Waals surface area contributed by atoms with Gasteiger partial charge in [0.05, 0.1) is 5.39 Å². The van der Waals surface area contributed by atoms with Gasteiger partial charge in [0, 0.05) is 29.8 Å². The van der Waals surface area contributed by atoms with Gasteiger partial charge < -0.3 is 10.3 Å². The van der Waals surface area contributed by atoms with Crippen LogP contribution in [-0.4, -0.2) is 20.3 Å². The number of carbonyl (C=O) groups excluding carboxylic acids is 1. The number of benzene rings is 2. The molecule has 2 heterocycles. The number of fused-ring (bicyclic) bond motifs is 2. The lowest BCUT2D eigenvalue weighted by Gasteiger charge is -2.12. The fraction of sp³-hybridized carbons (Fsp3) is 0.346. The Morgan fingerprint density at radius 3 is 2.71 bits per heavy atom. The van der Waals surface area contributed by atoms with Crippen LogP contribution in [0, 0.1) is 5.92 Å². The molecule has 0 atom stereocenters. The maximum absolute atomic E-state index is 12.8. The fourth-order valence-corrected chi connectivity index (χ4v) is 5.18. The first-order chi connectivity index (χ1) is 15.2. The van der Waals surface area contributed by atoms with Crippen LogP contribution in [0.1, 0.15) is 61.3 Å². The number of carbonyl (C=O) groups is 1. The summed E-state index contributed by atoms with van der Waals surface area (Å²) in [6.07, 6.45) is 11.7. The Bertz CT molecular complexity index is 1310. The van der Waals surface area contributed by atoms with Gasteiger partial charge in [-0.05, 0) is 54.0 Å². The molecule has 2 aliphatic rings. The monoisotopic (exact) mass is 410 g/mol. The molecule has 4 aromatic rings. The summed E-state index contributed by atoms with van der Waals surface area (Å²) in [4.78, 5) is 21.7. The van der Waals surface area contributed by atoms with Crippen molar-refractivity contribution in [1.29, 1.82) is 0 Å². The molecule has 2 aromatic heterocycles. The van der Waals surface area contributed by atoms with Crippen LogP contribution >= 0.6 is 0 Å². The second-order valence-corrected chi connectivity index (χ2v) is 9.16. The Labute approximate surface area is 181 Å². The van der Waals surface area contributed by atoms with Crippen molar-refractivity contribution < 1.29 is 4.79 Å². The van der Waals surface area contributed by atoms with E-state index in [9.17, 15) is 4.79 Å². The number of ketones is 1. The summed E-state index contributed by atoms with van der Waals surface area (Å²) in [5, 5.41) is 3.03. The van der Waals surface area contributed by atoms with Gasteiger partial charge in [0.2, 0.25) is 0 Å². The summed E-state index contributed by atoms with van der Waals surface area (Å²) in [6.45, 7) is 0. The maximum atomic E-state index is 12.8. The highest BCUT2D eigenvalue weighted by Crippen LogP contribution is 2.40. The van der Waals surface area contributed by atoms with Gasteiger partial charge in [-0.15, -0.1) is 0 Å². The molecule has 5 heteroatoms. The summed E-state index contributed by atoms with van der Waals surface area (Å²) in [5.74, 6) is 1.37. The quantitative estimate of drug-likeness (QED) is 0.414. The predicted octanol–water partition coefficient (Wildman–Crippen LogP) is 5.93. The second-order valence-electron chi connectivity index (χ2n) is 9.16. The minimum atomic E-state index is 0.260. The highest BCUT2D eigenvalue weighted by molar-refractivity contribution is 6.10. The van der Waals surface area contributed by atoms with E-state index in [0.717, 1.165) is 38.5 Å². The van der Waals surface area contributed by atoms with Crippen LogP contribution in [0.25, 0.3) is 32.9 Å². The average molecular weight is 411 g/mol. The number of aromatic nitrogens is 3. The molecule has 0 radical (unpaired) electrons. The number of nitrogens with zero attached hydrogens (tertiary/aromatic N) is 3. The van der Waals surface area contributed by atoms with Gasteiger partial charge in [-0.2, -0.15) is 0 Å². The summed E-state index contributed by atoms with van der Waals surface area (Å²) < 4.78 is 2.30. The zero-order valence-electron chi connectivity index (χ0n) is 17.6. The minimum absolute atomic E-state index is 0.260. The molecule has 2 N–H and O–H groups in total. The lowest BCUT2D eigenvalue weighted by Crippen LogP contribution is -2.04. The van der Waals surface area contributed by atoms with E-state index < -0.39 is 0 Å². The Kier molecular flexibility index (Phi) is 4.30. The standard InChI is InChI=1S/C26H26N4O/c27-25-24-22(14-30(19-5-1-2-6-19)26(24)29-15-28-25)18-10-11-20-17(13-18)4-3-7-21(20)23(31)12-16-8-9-16/h3-4,7,10-11,13-16,19H,1-2,5-6,8-9,12H2,(H2,27,28,29). The van der Waals surface area contributed by atoms with Crippen molar-refractivity contribution >= 4 is 33.4 Å². The molecule has 0 saturated heterocycles. The first-order valence-corrected chi connectivity index (χ1v) is 11.4. The Balaban J connectivity index is 1.48. The molecule has 2 aliphatic carbocycles. The van der Waals surface area contributed by atoms with Crippen LogP contribution in [0.4, 0.5) is 5.82 Å². The zero-order chi connectivity index (χ0) is 20.9. The topological polar surface area (TPSA) is 73.8 Å². The fourth-order valence-electron chi connectivity index (χ4n) is 5.18. The van der Waals surface area contributed by atoms with Crippen molar-refractivity contribution in [3.63, 3.8) is 0 Å². The first kappa shape index (κ1) is 18.6. The molecule has 0 bridgehead atoms. The molecule has 2 aromatic carbocycles. The van der Waals surface area contributed by atoms with Crippen molar-refractivity contribution in [2.45, 2.75) is 51.0 Å². The van der Waals surface area contributed by atoms with E-state index in [1.165, 1.54) is 38.5 Å². The van der Waals surface area contributed by atoms with E-state index in [-0.39, 0.29) is 5.78 Å². The van der Waals surface area contributed by atoms with Gasteiger partial charge in [-0.3, -0.25) is 4.79 Å². The average Bonchev–Trinajstić information content (AvgIpc) is 3.27. The molecule has 31 heavy (non-hydrogen) atoms. The van der Waals surface area contributed by atoms with Gasteiger partial charge in [0.25, 0.3) is 0 Å². The molecule has 156 valence electrons. The van der Waals surface area contributed by atoms with Crippen molar-refractivity contribution in [2.75, 3.05) is 5.73 Å². The van der Waals surface area contributed by atoms with E-state index in [1.54, 1.807) is 6.33 Å². The zero-order valence-corrected chi connectivity index (χ0v) is 17.6. The summed E-state index contributed by atoms with van der Waals surface area (Å²) >= 11 is 0. The van der Waals surface area contributed by atoms with Crippen LogP contribution < -0.4 is 5.73 Å². The smallest absolute Gasteiger partial charge is 0.163 e. The Morgan fingerprint density at radius 1 is 1.06 bits per heavy atom. The highest BCUT2D eigenvalue weighted by Gasteiger charge is 2.26. The number of nitrogens with two attached hydrogens (primary N) is 1. The van der Waals surface area contributed by atoms with Crippen LogP contribution in [0.2, 0.25) is 0 Å². The molecule has 0 spiro atoms. The second kappa shape index (κ2) is 7.19. The first-order valence-electron chi connectivity index (χ1n) is 11.4. The summed E-state index contributed by atoms with van der Waals surface area (Å²) in [7, 11) is 0. The maximum Gasteiger partial charge on any atom is 0.163 e. The highest BCUT2D eigenvalue weighted by atomic mass is 16.1. The van der Waals surface area contributed by atoms with Gasteiger partial charge in [0.1, 0.15) is 17.8 Å². The third-order valence-electron chi connectivity index (χ3n) is 7.02. The lowest BCUT2D eigenvalue weighted by molar-refractivity contribution is 0.0977. The van der Waals surface area contributed by atoms with Crippen LogP contribution in [0.15, 0.2) is 48.9 Å². The van der Waals surface area contributed by atoms with Gasteiger partial charge in [0.15, 0.2) is 5.78 Å². The molecule has 2 saturated carbocycles. The van der Waals surface area contributed by atoms with Crippen LogP contribution in [-0.2, 0) is 0 Å². The van der Waals surface area contributed by atoms with E-state index in [0.29, 0.717) is 24.2 Å². The molecule has 0 unspecified atom stereocenters. The van der Waals surface area contributed by atoms with E-state index >= 15 is 0 Å². The van der Waals surface area contributed by atoms with Crippen molar-refractivity contribution in [3.05, 3.63) is 54.5 Å². The van der Waals surface area contributed by atoms with Gasteiger partial charge in [-0.1, -0.05) is 43.2 Å². The summed E-state index contributed by atoms with van der Waals surface area (Å²) in [5.41, 5.74) is 10.2. The molecule has 2 fully saturated rings. The number of anilines is 1. The molecular formula is C26H26N4O. The lowest BCUT2D eigenvalue weighted by atomic mass is 9.95.